The molecule has 1 heterocycles. The van der Waals surface area contributed by atoms with Crippen LogP contribution in [-0.4, -0.2) is 47.8 Å². The normalized spacial score (nSPS) is 13.7. The Bertz CT molecular complexity index is 1550. The molecule has 0 atom stereocenters. The molecule has 1 amide bonds. The minimum absolute atomic E-state index is 0.00711. The number of carboxylic acids is 2. The number of aryl methyl sites for hydroxylation is 1. The third-order valence-corrected chi connectivity index (χ3v) is 7.91. The summed E-state index contributed by atoms with van der Waals surface area (Å²) in [4.78, 5) is 34.9. The Hall–Kier alpha value is -4.99. The average molecular weight is 660 g/mol. The van der Waals surface area contributed by atoms with Gasteiger partial charge in [0.05, 0.1) is 13.2 Å². The molecule has 0 bridgehead atoms. The van der Waals surface area contributed by atoms with Crippen LogP contribution in [0.3, 0.4) is 0 Å². The van der Waals surface area contributed by atoms with Crippen LogP contribution in [-0.2, 0) is 31.9 Å². The highest BCUT2D eigenvalue weighted by molar-refractivity contribution is 5.95. The van der Waals surface area contributed by atoms with Crippen LogP contribution >= 0.6 is 0 Å². The second-order valence-corrected chi connectivity index (χ2v) is 11.6. The van der Waals surface area contributed by atoms with Gasteiger partial charge in [0.1, 0.15) is 24.0 Å². The minimum Gasteiger partial charge on any atom is -0.494 e. The van der Waals surface area contributed by atoms with Gasteiger partial charge in [0.15, 0.2) is 11.5 Å². The molecule has 10 heteroatoms. The third-order valence-electron chi connectivity index (χ3n) is 7.91. The molecule has 0 fully saturated rings. The highest BCUT2D eigenvalue weighted by Gasteiger charge is 2.19. The summed E-state index contributed by atoms with van der Waals surface area (Å²) >= 11 is 0. The average Bonchev–Trinajstić information content (AvgIpc) is 3.09. The number of aliphatic carboxylic acids is 2. The van der Waals surface area contributed by atoms with E-state index in [0.29, 0.717) is 60.1 Å². The van der Waals surface area contributed by atoms with Crippen molar-refractivity contribution in [3.8, 4) is 11.5 Å². The number of amides is 1. The van der Waals surface area contributed by atoms with Crippen molar-refractivity contribution in [2.24, 2.45) is 0 Å². The Morgan fingerprint density at radius 3 is 2.44 bits per heavy atom. The summed E-state index contributed by atoms with van der Waals surface area (Å²) in [6.45, 7) is 3.11. The molecular formula is C38H45NO9. The molecule has 0 saturated heterocycles. The van der Waals surface area contributed by atoms with E-state index in [4.69, 9.17) is 24.1 Å². The van der Waals surface area contributed by atoms with Crippen molar-refractivity contribution in [1.29, 1.82) is 0 Å². The largest absolute Gasteiger partial charge is 0.494 e. The molecule has 2 aromatic rings. The zero-order valence-corrected chi connectivity index (χ0v) is 27.5. The Morgan fingerprint density at radius 1 is 0.875 bits per heavy atom. The van der Waals surface area contributed by atoms with Gasteiger partial charge in [-0.25, -0.2) is 0 Å². The molecule has 2 aromatic carbocycles. The predicted molar refractivity (Wildman–Crippen MR) is 182 cm³/mol. The molecule has 3 N–H and O–H groups in total. The molecule has 2 aliphatic rings. The maximum atomic E-state index is 12.8. The number of carbonyl (C=O) groups excluding carboxylic acids is 1. The fourth-order valence-electron chi connectivity index (χ4n) is 5.48. The molecule has 1 aliphatic heterocycles. The number of unbranched alkanes of at least 4 members (excludes halogenated alkanes) is 3. The molecular weight excluding hydrogens is 614 g/mol. The van der Waals surface area contributed by atoms with Gasteiger partial charge in [0, 0.05) is 30.5 Å². The lowest BCUT2D eigenvalue weighted by Gasteiger charge is -2.20. The van der Waals surface area contributed by atoms with Gasteiger partial charge in [-0.2, -0.15) is 0 Å². The molecule has 0 aromatic heterocycles. The van der Waals surface area contributed by atoms with Gasteiger partial charge in [-0.15, -0.1) is 0 Å². The van der Waals surface area contributed by atoms with E-state index >= 15 is 0 Å². The second-order valence-electron chi connectivity index (χ2n) is 11.6. The molecule has 0 radical (unpaired) electrons. The molecule has 4 rings (SSSR count). The number of nitrogens with one attached hydrogen (secondary N) is 1. The van der Waals surface area contributed by atoms with Crippen LogP contribution in [0.15, 0.2) is 78.5 Å². The van der Waals surface area contributed by atoms with Gasteiger partial charge in [0.2, 0.25) is 0 Å². The fraction of sp³-hybridized carbons (Fsp3) is 0.395. The summed E-state index contributed by atoms with van der Waals surface area (Å²) in [6, 6.07) is 11.1. The molecule has 0 saturated carbocycles. The van der Waals surface area contributed by atoms with E-state index in [-0.39, 0.29) is 25.4 Å². The van der Waals surface area contributed by atoms with Crippen LogP contribution < -0.4 is 14.8 Å². The molecule has 48 heavy (non-hydrogen) atoms. The Morgan fingerprint density at radius 2 is 1.67 bits per heavy atom. The summed E-state index contributed by atoms with van der Waals surface area (Å²) in [6.07, 6.45) is 16.2. The van der Waals surface area contributed by atoms with Crippen molar-refractivity contribution in [2.75, 3.05) is 19.8 Å². The van der Waals surface area contributed by atoms with Crippen LogP contribution in [0.2, 0.25) is 0 Å². The van der Waals surface area contributed by atoms with Gasteiger partial charge in [-0.3, -0.25) is 14.4 Å². The minimum atomic E-state index is -0.877. The standard InChI is InChI=1S/C38H45NO9/c1-2-39-38(44)30-22-29(35-26-45-25-34(48-35)28-13-7-5-8-14-28)23-31(24-30)46-20-9-4-3-6-12-27-15-10-16-33(32(27)18-19-37(42)43)47-21-11-17-36(40)41/h5,7,10,13,15-16,22-26H,2-4,6,8-9,11-12,14,17-21H2,1H3,(H,39,44)(H,40,41)(H,42,43). The highest BCUT2D eigenvalue weighted by atomic mass is 16.5. The SMILES string of the molecule is CCNC(=O)c1cc(OCCCCCCc2cccc(OCCCC(=O)O)c2CCC(=O)O)cc(C2=COC=C(C3=CC=CCC3)O2)c1. The lowest BCUT2D eigenvalue weighted by atomic mass is 9.97. The Kier molecular flexibility index (Phi) is 14.2. The zero-order valence-electron chi connectivity index (χ0n) is 27.5. The smallest absolute Gasteiger partial charge is 0.303 e. The Labute approximate surface area is 281 Å². The van der Waals surface area contributed by atoms with Gasteiger partial charge in [-0.1, -0.05) is 43.2 Å². The number of carbonyl (C=O) groups is 3. The van der Waals surface area contributed by atoms with Crippen LogP contribution in [0.5, 0.6) is 11.5 Å². The number of ether oxygens (including phenoxy) is 4. The first kappa shape index (κ1) is 35.9. The first-order valence-electron chi connectivity index (χ1n) is 16.7. The number of carboxylic acid groups (broad SMARTS) is 2. The van der Waals surface area contributed by atoms with Crippen molar-refractivity contribution < 1.29 is 43.5 Å². The summed E-state index contributed by atoms with van der Waals surface area (Å²) in [5, 5.41) is 21.0. The maximum absolute atomic E-state index is 12.8. The van der Waals surface area contributed by atoms with E-state index in [1.807, 2.05) is 43.3 Å². The number of hydrogen-bond acceptors (Lipinski definition) is 7. The molecule has 0 spiro atoms. The summed E-state index contributed by atoms with van der Waals surface area (Å²) in [7, 11) is 0. The molecule has 256 valence electrons. The summed E-state index contributed by atoms with van der Waals surface area (Å²) < 4.78 is 23.8. The second kappa shape index (κ2) is 19.0. The van der Waals surface area contributed by atoms with Crippen molar-refractivity contribution in [1.82, 2.24) is 5.32 Å². The lowest BCUT2D eigenvalue weighted by Crippen LogP contribution is -2.22. The summed E-state index contributed by atoms with van der Waals surface area (Å²) in [5.41, 5.74) is 4.12. The zero-order chi connectivity index (χ0) is 34.1. The number of rotatable bonds is 20. The van der Waals surface area contributed by atoms with E-state index in [9.17, 15) is 19.5 Å². The maximum Gasteiger partial charge on any atom is 0.303 e. The Balaban J connectivity index is 1.30. The monoisotopic (exact) mass is 659 g/mol. The molecule has 0 unspecified atom stereocenters. The highest BCUT2D eigenvalue weighted by Crippen LogP contribution is 2.32. The predicted octanol–water partition coefficient (Wildman–Crippen LogP) is 7.34. The number of allylic oxidation sites excluding steroid dienone is 4. The number of hydrogen-bond donors (Lipinski definition) is 3. The molecule has 1 aliphatic carbocycles. The van der Waals surface area contributed by atoms with Crippen molar-refractivity contribution in [2.45, 2.75) is 77.6 Å². The van der Waals surface area contributed by atoms with Crippen LogP contribution in [0.1, 0.15) is 91.8 Å². The van der Waals surface area contributed by atoms with E-state index < -0.39 is 11.9 Å². The van der Waals surface area contributed by atoms with Crippen LogP contribution in [0, 0.1) is 0 Å². The van der Waals surface area contributed by atoms with Crippen molar-refractivity contribution in [3.63, 3.8) is 0 Å². The van der Waals surface area contributed by atoms with Crippen molar-refractivity contribution in [3.05, 3.63) is 101 Å². The fourth-order valence-corrected chi connectivity index (χ4v) is 5.48. The lowest BCUT2D eigenvalue weighted by molar-refractivity contribution is -0.138. The van der Waals surface area contributed by atoms with Crippen LogP contribution in [0.25, 0.3) is 5.76 Å². The number of benzene rings is 2. The van der Waals surface area contributed by atoms with Gasteiger partial charge >= 0.3 is 11.9 Å². The first-order chi connectivity index (χ1) is 23.3. The van der Waals surface area contributed by atoms with E-state index in [0.717, 1.165) is 61.6 Å². The first-order valence-corrected chi connectivity index (χ1v) is 16.7. The van der Waals surface area contributed by atoms with E-state index in [2.05, 4.69) is 11.4 Å². The van der Waals surface area contributed by atoms with Crippen LogP contribution in [0.4, 0.5) is 0 Å². The summed E-state index contributed by atoms with van der Waals surface area (Å²) in [5.74, 6) is 0.382. The van der Waals surface area contributed by atoms with Gasteiger partial charge < -0.3 is 34.5 Å². The van der Waals surface area contributed by atoms with Gasteiger partial charge in [-0.05, 0) is 92.8 Å². The quantitative estimate of drug-likeness (QED) is 0.125. The van der Waals surface area contributed by atoms with Crippen molar-refractivity contribution >= 4 is 23.6 Å². The molecule has 10 nitrogen and oxygen atoms in total. The van der Waals surface area contributed by atoms with E-state index in [1.165, 1.54) is 6.26 Å². The van der Waals surface area contributed by atoms with Gasteiger partial charge in [0.25, 0.3) is 5.91 Å². The van der Waals surface area contributed by atoms with E-state index in [1.54, 1.807) is 18.4 Å². The topological polar surface area (TPSA) is 141 Å². The third kappa shape index (κ3) is 11.4.